The number of aliphatic carboxylic acids is 1. The normalized spacial score (nSPS) is 20.4. The summed E-state index contributed by atoms with van der Waals surface area (Å²) in [6.45, 7) is 12.9. The van der Waals surface area contributed by atoms with Gasteiger partial charge in [-0.1, -0.05) is 61.9 Å². The Morgan fingerprint density at radius 2 is 1.24 bits per heavy atom. The van der Waals surface area contributed by atoms with Gasteiger partial charge < -0.3 is 35.8 Å². The molecule has 1 aromatic heterocycles. The van der Waals surface area contributed by atoms with Gasteiger partial charge in [-0.3, -0.25) is 23.2 Å². The third-order valence-corrected chi connectivity index (χ3v) is 21.0. The Hall–Kier alpha value is -6.87. The fourth-order valence-electron chi connectivity index (χ4n) is 13.9. The smallest absolute Gasteiger partial charge is 0.306 e. The number of benzene rings is 4. The molecule has 1 unspecified atom stereocenters. The molecule has 6 heterocycles. The minimum atomic E-state index is -4.58. The van der Waals surface area contributed by atoms with E-state index in [2.05, 4.69) is 52.3 Å². The fourth-order valence-corrected chi connectivity index (χ4v) is 15.8. The molecule has 0 radical (unpaired) electrons. The van der Waals surface area contributed by atoms with Crippen LogP contribution in [0.1, 0.15) is 122 Å². The summed E-state index contributed by atoms with van der Waals surface area (Å²) in [5.74, 6) is 0.0860. The number of carboxylic acid groups (broad SMARTS) is 1. The van der Waals surface area contributed by atoms with E-state index in [1.807, 2.05) is 53.5 Å². The summed E-state index contributed by atoms with van der Waals surface area (Å²) in [6, 6.07) is 16.9. The van der Waals surface area contributed by atoms with Crippen LogP contribution in [0.3, 0.4) is 0 Å². The van der Waals surface area contributed by atoms with Crippen LogP contribution in [0.4, 0.5) is 29.2 Å². The van der Waals surface area contributed by atoms with Crippen molar-refractivity contribution < 1.29 is 58.2 Å². The number of unbranched alkanes of at least 4 members (excludes halogenated alkanes) is 2. The molecule has 5 aromatic rings. The first-order valence-electron chi connectivity index (χ1n) is 30.6. The highest BCUT2D eigenvalue weighted by Gasteiger charge is 2.47. The van der Waals surface area contributed by atoms with Crippen LogP contribution < -0.4 is 30.7 Å². The molecule has 88 heavy (non-hydrogen) atoms. The molecule has 0 saturated carbocycles. The van der Waals surface area contributed by atoms with Crippen molar-refractivity contribution in [3.63, 3.8) is 0 Å². The summed E-state index contributed by atoms with van der Waals surface area (Å²) in [5.41, 5.74) is 10.0. The van der Waals surface area contributed by atoms with E-state index >= 15 is 0 Å². The lowest BCUT2D eigenvalue weighted by Crippen LogP contribution is -2.46. The largest absolute Gasteiger partial charge is 0.481 e. The van der Waals surface area contributed by atoms with Crippen molar-refractivity contribution in [3.05, 3.63) is 108 Å². The lowest BCUT2D eigenvalue weighted by atomic mass is 9.76. The topological polar surface area (TPSA) is 310 Å². The quantitative estimate of drug-likeness (QED) is 0.0164. The van der Waals surface area contributed by atoms with Crippen LogP contribution in [-0.4, -0.2) is 151 Å². The van der Waals surface area contributed by atoms with Gasteiger partial charge in [-0.25, -0.2) is 0 Å². The van der Waals surface area contributed by atoms with E-state index in [0.29, 0.717) is 117 Å². The minimum absolute atomic E-state index is 0.0145. The lowest BCUT2D eigenvalue weighted by Gasteiger charge is -2.35. The molecule has 472 valence electrons. The molecule has 25 heteroatoms. The number of fused-ring (bicyclic) bond motifs is 6. The fraction of sp³-hybridized carbons (Fsp3) is 0.492. The van der Waals surface area contributed by atoms with E-state index in [-0.39, 0.29) is 46.7 Å². The number of aromatic nitrogens is 3. The van der Waals surface area contributed by atoms with Crippen LogP contribution in [0, 0.1) is 5.92 Å². The number of hydrogen-bond donors (Lipinski definition) is 6. The van der Waals surface area contributed by atoms with Crippen molar-refractivity contribution >= 4 is 98.7 Å². The van der Waals surface area contributed by atoms with E-state index in [9.17, 15) is 53.6 Å². The highest BCUT2D eigenvalue weighted by atomic mass is 32.2. The highest BCUT2D eigenvalue weighted by Crippen LogP contribution is 2.54. The van der Waals surface area contributed by atoms with Gasteiger partial charge in [0.05, 0.1) is 17.1 Å². The summed E-state index contributed by atoms with van der Waals surface area (Å²) >= 11 is 0. The van der Waals surface area contributed by atoms with Crippen molar-refractivity contribution in [1.82, 2.24) is 20.3 Å². The Kier molecular flexibility index (Phi) is 18.9. The second-order valence-electron chi connectivity index (χ2n) is 24.7. The number of nitrogens with one attached hydrogen (secondary N) is 1. The Bertz CT molecular complexity index is 3980. The molecule has 0 spiro atoms. The van der Waals surface area contributed by atoms with Crippen molar-refractivity contribution in [1.29, 1.82) is 0 Å². The van der Waals surface area contributed by atoms with Gasteiger partial charge in [-0.2, -0.15) is 44.8 Å². The zero-order valence-corrected chi connectivity index (χ0v) is 52.8. The summed E-state index contributed by atoms with van der Waals surface area (Å²) in [7, 11) is -13.4. The molecule has 3 fully saturated rings. The number of rotatable bonds is 22. The molecule has 5 aliphatic heterocycles. The number of carbonyl (C=O) groups excluding carboxylic acids is 1. The van der Waals surface area contributed by atoms with Gasteiger partial charge in [0.15, 0.2) is 5.71 Å². The van der Waals surface area contributed by atoms with Crippen molar-refractivity contribution in [2.24, 2.45) is 11.7 Å². The van der Waals surface area contributed by atoms with E-state index in [0.717, 1.165) is 79.1 Å². The van der Waals surface area contributed by atoms with Gasteiger partial charge in [0.1, 0.15) is 16.3 Å². The molecule has 10 rings (SSSR count). The average Bonchev–Trinajstić information content (AvgIpc) is 1.56. The van der Waals surface area contributed by atoms with Crippen LogP contribution >= 0.6 is 0 Å². The number of nitrogens with two attached hydrogens (primary N) is 1. The third-order valence-electron chi connectivity index (χ3n) is 18.3. The van der Waals surface area contributed by atoms with Crippen molar-refractivity contribution in [3.8, 4) is 0 Å². The SMILES string of the molecule is CCCC1(C)\C(=C/C=C/C=C/C2=[N+](CCCCCC(=O)NC3CCN(c4nc(N5CCC(N)CC5)nc(N5CCC(C(=O)O)CC5)n4)CC3)c3ccc4c(S(=O)(=O)O)cccc4c3C2(C)C)N(CCCS(=O)(=O)O)c2ccc3c(S(=O)(=O)O)cccc3c21. The zero-order chi connectivity index (χ0) is 62.9. The molecule has 4 aromatic carbocycles. The highest BCUT2D eigenvalue weighted by molar-refractivity contribution is 7.86. The summed E-state index contributed by atoms with van der Waals surface area (Å²) in [5, 5.41) is 15.0. The first-order chi connectivity index (χ1) is 41.8. The van der Waals surface area contributed by atoms with E-state index < -0.39 is 52.9 Å². The lowest BCUT2D eigenvalue weighted by molar-refractivity contribution is -0.438. The standard InChI is InChI=1S/C63H80N10O12S3/c1-5-32-63(4)54(73(34-14-41-86(77,78)79)50-25-23-46-48(57(50)63)16-13-18-52(46)88(83,84)85)20-9-6-8-19-53-62(2,3)56-47-15-12-17-51(87(80,81)82)45(47)22-24-49(56)72(53)33-11-7-10-21-55(74)65-44-30-39-71(40-31-44)61-67-59(69-35-26-42(27-36-69)58(75)76)66-60(68-61)70-37-28-43(64)29-38-70/h6,8-9,12-13,15-20,22-25,42-44H,5,7,10-11,14,21,26-41,64H2,1-4H3,(H4-,65,74,75,76,77,78,79,80,81,82,83,84,85)/p+1. The molecule has 1 amide bonds. The first-order valence-corrected chi connectivity index (χ1v) is 35.0. The summed E-state index contributed by atoms with van der Waals surface area (Å²) in [6.07, 6.45) is 17.8. The Balaban J connectivity index is 0.842. The van der Waals surface area contributed by atoms with Gasteiger partial charge in [0, 0.05) is 116 Å². The molecular weight excluding hydrogens is 1180 g/mol. The number of carbonyl (C=O) groups is 2. The predicted octanol–water partition coefficient (Wildman–Crippen LogP) is 8.47. The summed E-state index contributed by atoms with van der Waals surface area (Å²) in [4.78, 5) is 48.0. The average molecular weight is 1270 g/mol. The number of nitrogens with zero attached hydrogens (tertiary/aromatic N) is 8. The van der Waals surface area contributed by atoms with E-state index in [1.165, 1.54) is 12.1 Å². The first kappa shape index (κ1) is 64.1. The van der Waals surface area contributed by atoms with Gasteiger partial charge >= 0.3 is 5.97 Å². The molecule has 0 aliphatic carbocycles. The Morgan fingerprint density at radius 1 is 0.682 bits per heavy atom. The van der Waals surface area contributed by atoms with Gasteiger partial charge in [0.25, 0.3) is 30.4 Å². The van der Waals surface area contributed by atoms with Crippen LogP contribution in [0.15, 0.2) is 107 Å². The van der Waals surface area contributed by atoms with Gasteiger partial charge in [-0.15, -0.1) is 0 Å². The number of hydrogen-bond acceptors (Lipinski definition) is 16. The number of carboxylic acids is 1. The maximum atomic E-state index is 13.5. The molecule has 5 aliphatic rings. The maximum Gasteiger partial charge on any atom is 0.306 e. The van der Waals surface area contributed by atoms with Crippen molar-refractivity contribution in [2.45, 2.75) is 144 Å². The number of allylic oxidation sites excluding steroid dienone is 6. The van der Waals surface area contributed by atoms with Crippen molar-refractivity contribution in [2.75, 3.05) is 77.7 Å². The van der Waals surface area contributed by atoms with Gasteiger partial charge in [0.2, 0.25) is 29.4 Å². The predicted molar refractivity (Wildman–Crippen MR) is 341 cm³/mol. The second-order valence-corrected chi connectivity index (χ2v) is 29.1. The molecule has 22 nitrogen and oxygen atoms in total. The van der Waals surface area contributed by atoms with Crippen LogP contribution in [0.5, 0.6) is 0 Å². The molecular formula is C63H81N10O12S3+. The Morgan fingerprint density at radius 3 is 1.80 bits per heavy atom. The molecule has 0 bridgehead atoms. The Labute approximate surface area is 515 Å². The third kappa shape index (κ3) is 13.6. The molecule has 7 N–H and O–H groups in total. The van der Waals surface area contributed by atoms with Crippen LogP contribution in [0.25, 0.3) is 21.5 Å². The van der Waals surface area contributed by atoms with E-state index in [4.69, 9.17) is 20.7 Å². The van der Waals surface area contributed by atoms with Gasteiger partial charge in [-0.05, 0) is 132 Å². The van der Waals surface area contributed by atoms with E-state index in [1.54, 1.807) is 30.3 Å². The van der Waals surface area contributed by atoms with Crippen LogP contribution in [-0.2, 0) is 50.8 Å². The second kappa shape index (κ2) is 25.9. The maximum absolute atomic E-state index is 13.5. The number of amides is 1. The minimum Gasteiger partial charge on any atom is -0.481 e. The summed E-state index contributed by atoms with van der Waals surface area (Å²) < 4.78 is 107. The monoisotopic (exact) mass is 1270 g/mol. The number of anilines is 4. The number of piperidine rings is 3. The zero-order valence-electron chi connectivity index (χ0n) is 50.4. The van der Waals surface area contributed by atoms with Crippen LogP contribution in [0.2, 0.25) is 0 Å². The molecule has 3 saturated heterocycles. The molecule has 1 atom stereocenters.